The highest BCUT2D eigenvalue weighted by atomic mass is 32.2. The number of hydrogen-bond acceptors (Lipinski definition) is 6. The van der Waals surface area contributed by atoms with Crippen LogP contribution in [0.15, 0.2) is 47.4 Å². The largest absolute Gasteiger partial charge is 0.495 e. The second kappa shape index (κ2) is 8.67. The molecule has 166 valence electrons. The zero-order valence-electron chi connectivity index (χ0n) is 16.2. The van der Waals surface area contributed by atoms with Gasteiger partial charge in [-0.1, -0.05) is 12.1 Å². The molecule has 1 aliphatic carbocycles. The first-order valence-corrected chi connectivity index (χ1v) is 10.6. The van der Waals surface area contributed by atoms with E-state index in [-0.39, 0.29) is 27.8 Å². The number of nitrogens with one attached hydrogen (secondary N) is 1. The number of alkyl halides is 3. The van der Waals surface area contributed by atoms with E-state index in [0.717, 1.165) is 18.2 Å². The van der Waals surface area contributed by atoms with Crippen molar-refractivity contribution in [2.75, 3.05) is 13.7 Å². The van der Waals surface area contributed by atoms with E-state index < -0.39 is 40.1 Å². The maximum absolute atomic E-state index is 12.8. The summed E-state index contributed by atoms with van der Waals surface area (Å²) in [6, 6.07) is 7.14. The van der Waals surface area contributed by atoms with Gasteiger partial charge in [0, 0.05) is 11.6 Å². The van der Waals surface area contributed by atoms with Gasteiger partial charge >= 0.3 is 12.1 Å². The highest BCUT2D eigenvalue weighted by molar-refractivity contribution is 7.89. The minimum atomic E-state index is -4.62. The molecule has 0 spiro atoms. The van der Waals surface area contributed by atoms with Gasteiger partial charge in [0.15, 0.2) is 12.4 Å². The standard InChI is InChI=1S/C20H18F3NO6S/c1-29-17-8-5-13(10-18(17)31(27,28)24-15-6-7-15)19(26)30-11-16(25)12-3-2-4-14(9-12)20(21,22)23/h2-5,8-10,15,24H,6-7,11H2,1H3. The van der Waals surface area contributed by atoms with Gasteiger partial charge in [0.2, 0.25) is 10.0 Å². The molecule has 0 amide bonds. The Morgan fingerprint density at radius 3 is 2.42 bits per heavy atom. The van der Waals surface area contributed by atoms with Crippen molar-refractivity contribution in [3.63, 3.8) is 0 Å². The number of halogens is 3. The highest BCUT2D eigenvalue weighted by Crippen LogP contribution is 2.30. The Morgan fingerprint density at radius 1 is 1.10 bits per heavy atom. The van der Waals surface area contributed by atoms with Crippen molar-refractivity contribution >= 4 is 21.8 Å². The molecule has 1 fully saturated rings. The van der Waals surface area contributed by atoms with Gasteiger partial charge in [-0.25, -0.2) is 17.9 Å². The molecule has 2 aromatic rings. The number of ether oxygens (including phenoxy) is 2. The van der Waals surface area contributed by atoms with Crippen LogP contribution in [0.3, 0.4) is 0 Å². The van der Waals surface area contributed by atoms with E-state index >= 15 is 0 Å². The molecule has 0 aliphatic heterocycles. The molecule has 0 unspecified atom stereocenters. The summed E-state index contributed by atoms with van der Waals surface area (Å²) in [6.07, 6.45) is -3.20. The number of esters is 1. The molecule has 0 saturated heterocycles. The van der Waals surface area contributed by atoms with E-state index in [1.807, 2.05) is 0 Å². The fraction of sp³-hybridized carbons (Fsp3) is 0.300. The van der Waals surface area contributed by atoms with Crippen molar-refractivity contribution in [2.24, 2.45) is 0 Å². The molecule has 0 heterocycles. The van der Waals surface area contributed by atoms with E-state index in [0.29, 0.717) is 18.9 Å². The van der Waals surface area contributed by atoms with Gasteiger partial charge in [0.1, 0.15) is 10.6 Å². The fourth-order valence-corrected chi connectivity index (χ4v) is 4.16. The minimum Gasteiger partial charge on any atom is -0.495 e. The molecule has 0 radical (unpaired) electrons. The van der Waals surface area contributed by atoms with E-state index in [2.05, 4.69) is 4.72 Å². The number of carbonyl (C=O) groups is 2. The number of hydrogen-bond donors (Lipinski definition) is 1. The van der Waals surface area contributed by atoms with Crippen molar-refractivity contribution in [2.45, 2.75) is 30.0 Å². The predicted molar refractivity (Wildman–Crippen MR) is 102 cm³/mol. The van der Waals surface area contributed by atoms with Crippen molar-refractivity contribution in [1.82, 2.24) is 4.72 Å². The van der Waals surface area contributed by atoms with E-state index in [1.165, 1.54) is 25.3 Å². The Bertz CT molecular complexity index is 1110. The number of carbonyl (C=O) groups excluding carboxylic acids is 2. The third-order valence-electron chi connectivity index (χ3n) is 4.43. The second-order valence-corrected chi connectivity index (χ2v) is 8.52. The van der Waals surface area contributed by atoms with Crippen molar-refractivity contribution in [3.05, 3.63) is 59.2 Å². The third-order valence-corrected chi connectivity index (χ3v) is 5.98. The van der Waals surface area contributed by atoms with Gasteiger partial charge in [-0.15, -0.1) is 0 Å². The molecule has 11 heteroatoms. The molecule has 1 saturated carbocycles. The number of benzene rings is 2. The normalized spacial score (nSPS) is 14.2. The van der Waals surface area contributed by atoms with Crippen LogP contribution >= 0.6 is 0 Å². The number of rotatable bonds is 8. The van der Waals surface area contributed by atoms with Crippen molar-refractivity contribution in [3.8, 4) is 5.75 Å². The lowest BCUT2D eigenvalue weighted by Gasteiger charge is -2.12. The zero-order chi connectivity index (χ0) is 22.8. The molecule has 1 N–H and O–H groups in total. The summed E-state index contributed by atoms with van der Waals surface area (Å²) in [5.74, 6) is -1.83. The van der Waals surface area contributed by atoms with Crippen LogP contribution in [0.2, 0.25) is 0 Å². The zero-order valence-corrected chi connectivity index (χ0v) is 17.0. The lowest BCUT2D eigenvalue weighted by Crippen LogP contribution is -2.26. The molecule has 31 heavy (non-hydrogen) atoms. The molecule has 0 atom stereocenters. The maximum Gasteiger partial charge on any atom is 0.416 e. The van der Waals surface area contributed by atoms with E-state index in [4.69, 9.17) is 9.47 Å². The van der Waals surface area contributed by atoms with Crippen LogP contribution in [0.1, 0.15) is 39.1 Å². The highest BCUT2D eigenvalue weighted by Gasteiger charge is 2.32. The Hall–Kier alpha value is -2.92. The molecule has 0 aromatic heterocycles. The summed E-state index contributed by atoms with van der Waals surface area (Å²) in [5, 5.41) is 0. The van der Waals surface area contributed by atoms with Crippen LogP contribution in [0, 0.1) is 0 Å². The Kier molecular flexibility index (Phi) is 6.37. The summed E-state index contributed by atoms with van der Waals surface area (Å²) in [7, 11) is -2.67. The molecule has 0 bridgehead atoms. The number of sulfonamides is 1. The smallest absolute Gasteiger partial charge is 0.416 e. The third kappa shape index (κ3) is 5.61. The molecular weight excluding hydrogens is 439 g/mol. The lowest BCUT2D eigenvalue weighted by molar-refractivity contribution is -0.137. The quantitative estimate of drug-likeness (QED) is 0.483. The fourth-order valence-electron chi connectivity index (χ4n) is 2.66. The van der Waals surface area contributed by atoms with Gasteiger partial charge in [0.25, 0.3) is 0 Å². The van der Waals surface area contributed by atoms with Crippen LogP contribution in [-0.2, 0) is 20.9 Å². The topological polar surface area (TPSA) is 98.8 Å². The lowest BCUT2D eigenvalue weighted by atomic mass is 10.1. The summed E-state index contributed by atoms with van der Waals surface area (Å²) in [6.45, 7) is -0.811. The second-order valence-electron chi connectivity index (χ2n) is 6.84. The van der Waals surface area contributed by atoms with E-state index in [9.17, 15) is 31.2 Å². The van der Waals surface area contributed by atoms with Crippen LogP contribution in [0.4, 0.5) is 13.2 Å². The van der Waals surface area contributed by atoms with Crippen LogP contribution in [-0.4, -0.2) is 39.9 Å². The van der Waals surface area contributed by atoms with E-state index in [1.54, 1.807) is 0 Å². The summed E-state index contributed by atoms with van der Waals surface area (Å²) in [4.78, 5) is 24.2. The SMILES string of the molecule is COc1ccc(C(=O)OCC(=O)c2cccc(C(F)(F)F)c2)cc1S(=O)(=O)NC1CC1. The molecule has 3 rings (SSSR count). The first-order valence-electron chi connectivity index (χ1n) is 9.09. The Labute approximate surface area is 176 Å². The average Bonchev–Trinajstić information content (AvgIpc) is 3.54. The summed E-state index contributed by atoms with van der Waals surface area (Å²) in [5.41, 5.74) is -1.43. The predicted octanol–water partition coefficient (Wildman–Crippen LogP) is 3.19. The summed E-state index contributed by atoms with van der Waals surface area (Å²) < 4.78 is 75.8. The van der Waals surface area contributed by atoms with Crippen LogP contribution in [0.5, 0.6) is 5.75 Å². The first kappa shape index (κ1) is 22.8. The van der Waals surface area contributed by atoms with Gasteiger partial charge in [-0.2, -0.15) is 13.2 Å². The summed E-state index contributed by atoms with van der Waals surface area (Å²) >= 11 is 0. The minimum absolute atomic E-state index is 0.0183. The number of methoxy groups -OCH3 is 1. The van der Waals surface area contributed by atoms with Crippen molar-refractivity contribution < 1.29 is 40.7 Å². The molecular formula is C20H18F3NO6S. The van der Waals surface area contributed by atoms with Crippen LogP contribution in [0.25, 0.3) is 0 Å². The van der Waals surface area contributed by atoms with Gasteiger partial charge in [-0.3, -0.25) is 4.79 Å². The van der Waals surface area contributed by atoms with Gasteiger partial charge < -0.3 is 9.47 Å². The monoisotopic (exact) mass is 457 g/mol. The average molecular weight is 457 g/mol. The number of Topliss-reactive ketones (excluding diaryl/α,β-unsaturated/α-hetero) is 1. The maximum atomic E-state index is 12.8. The molecule has 2 aromatic carbocycles. The van der Waals surface area contributed by atoms with Crippen molar-refractivity contribution in [1.29, 1.82) is 0 Å². The van der Waals surface area contributed by atoms with Crippen LogP contribution < -0.4 is 9.46 Å². The molecule has 1 aliphatic rings. The Morgan fingerprint density at radius 2 is 1.81 bits per heavy atom. The number of ketones is 1. The first-order chi connectivity index (χ1) is 14.5. The van der Waals surface area contributed by atoms with Gasteiger partial charge in [-0.05, 0) is 43.2 Å². The Balaban J connectivity index is 1.73. The van der Waals surface area contributed by atoms with Gasteiger partial charge in [0.05, 0.1) is 18.2 Å². The molecule has 7 nitrogen and oxygen atoms in total.